The zero-order valence-electron chi connectivity index (χ0n) is 8.40. The summed E-state index contributed by atoms with van der Waals surface area (Å²) < 4.78 is 6.80. The number of ether oxygens (including phenoxy) is 1. The smallest absolute Gasteiger partial charge is 0.255 e. The first kappa shape index (κ1) is 10.9. The van der Waals surface area contributed by atoms with E-state index < -0.39 is 0 Å². The van der Waals surface area contributed by atoms with E-state index in [1.807, 2.05) is 13.0 Å². The fourth-order valence-corrected chi connectivity index (χ4v) is 1.23. The third kappa shape index (κ3) is 2.68. The van der Waals surface area contributed by atoms with Gasteiger partial charge < -0.3 is 15.0 Å². The number of nitrogens with zero attached hydrogens (tertiary/aromatic N) is 1. The summed E-state index contributed by atoms with van der Waals surface area (Å²) in [5.74, 6) is 0. The van der Waals surface area contributed by atoms with Crippen molar-refractivity contribution in [3.05, 3.63) is 34.2 Å². The van der Waals surface area contributed by atoms with Gasteiger partial charge in [0.15, 0.2) is 0 Å². The number of aromatic nitrogens is 1. The van der Waals surface area contributed by atoms with Crippen LogP contribution in [0.25, 0.3) is 0 Å². The Labute approximate surface area is 83.3 Å². The molecule has 0 unspecified atom stereocenters. The van der Waals surface area contributed by atoms with Gasteiger partial charge in [-0.2, -0.15) is 0 Å². The summed E-state index contributed by atoms with van der Waals surface area (Å²) in [6, 6.07) is 3.58. The predicted molar refractivity (Wildman–Crippen MR) is 55.1 cm³/mol. The van der Waals surface area contributed by atoms with Crippen molar-refractivity contribution in [1.29, 1.82) is 0 Å². The number of hydrogen-bond donors (Lipinski definition) is 1. The van der Waals surface area contributed by atoms with Crippen LogP contribution in [0.1, 0.15) is 12.5 Å². The second kappa shape index (κ2) is 5.57. The summed E-state index contributed by atoms with van der Waals surface area (Å²) in [7, 11) is 0. The third-order valence-electron chi connectivity index (χ3n) is 2.00. The van der Waals surface area contributed by atoms with Crippen LogP contribution in [0.3, 0.4) is 0 Å². The van der Waals surface area contributed by atoms with E-state index in [0.717, 1.165) is 0 Å². The van der Waals surface area contributed by atoms with E-state index in [2.05, 4.69) is 0 Å². The highest BCUT2D eigenvalue weighted by Gasteiger charge is 2.00. The number of pyridine rings is 1. The van der Waals surface area contributed by atoms with Crippen LogP contribution in [0.2, 0.25) is 0 Å². The molecular formula is C10H16N2O2. The van der Waals surface area contributed by atoms with Gasteiger partial charge in [-0.1, -0.05) is 6.07 Å². The van der Waals surface area contributed by atoms with Crippen molar-refractivity contribution < 1.29 is 4.74 Å². The Kier molecular flexibility index (Phi) is 4.35. The van der Waals surface area contributed by atoms with Crippen LogP contribution in [-0.2, 0) is 17.8 Å². The lowest BCUT2D eigenvalue weighted by Gasteiger charge is -2.06. The molecule has 0 radical (unpaired) electrons. The van der Waals surface area contributed by atoms with Gasteiger partial charge in [0.25, 0.3) is 5.56 Å². The molecule has 0 bridgehead atoms. The van der Waals surface area contributed by atoms with Gasteiger partial charge in [0.05, 0.1) is 6.61 Å². The Morgan fingerprint density at radius 2 is 2.36 bits per heavy atom. The molecule has 0 saturated carbocycles. The fourth-order valence-electron chi connectivity index (χ4n) is 1.23. The molecule has 0 aliphatic rings. The maximum atomic E-state index is 11.6. The molecule has 0 spiro atoms. The maximum absolute atomic E-state index is 11.6. The summed E-state index contributed by atoms with van der Waals surface area (Å²) in [5.41, 5.74) is 6.05. The highest BCUT2D eigenvalue weighted by molar-refractivity contribution is 5.09. The summed E-state index contributed by atoms with van der Waals surface area (Å²) in [4.78, 5) is 11.6. The molecule has 1 rings (SSSR count). The molecule has 2 N–H and O–H groups in total. The van der Waals surface area contributed by atoms with Crippen molar-refractivity contribution in [2.45, 2.75) is 20.0 Å². The van der Waals surface area contributed by atoms with Crippen molar-refractivity contribution >= 4 is 0 Å². The molecule has 0 amide bonds. The van der Waals surface area contributed by atoms with E-state index in [0.29, 0.717) is 25.3 Å². The van der Waals surface area contributed by atoms with Crippen molar-refractivity contribution in [3.63, 3.8) is 0 Å². The molecule has 0 aromatic carbocycles. The highest BCUT2D eigenvalue weighted by Crippen LogP contribution is 1.90. The zero-order chi connectivity index (χ0) is 10.4. The van der Waals surface area contributed by atoms with Gasteiger partial charge in [-0.05, 0) is 13.0 Å². The van der Waals surface area contributed by atoms with Crippen molar-refractivity contribution in [1.82, 2.24) is 4.57 Å². The predicted octanol–water partition coefficient (Wildman–Crippen LogP) is 0.344. The second-order valence-corrected chi connectivity index (χ2v) is 2.93. The first-order valence-electron chi connectivity index (χ1n) is 4.75. The largest absolute Gasteiger partial charge is 0.380 e. The van der Waals surface area contributed by atoms with Gasteiger partial charge in [-0.3, -0.25) is 4.79 Å². The molecule has 14 heavy (non-hydrogen) atoms. The standard InChI is InChI=1S/C10H16N2O2/c1-2-14-7-6-12-5-3-4-9(8-11)10(12)13/h3-5H,2,6-8,11H2,1H3. The Morgan fingerprint density at radius 1 is 1.57 bits per heavy atom. The molecule has 0 aliphatic heterocycles. The summed E-state index contributed by atoms with van der Waals surface area (Å²) in [5, 5.41) is 0. The molecule has 1 heterocycles. The van der Waals surface area contributed by atoms with Gasteiger partial charge in [0.1, 0.15) is 0 Å². The van der Waals surface area contributed by atoms with Gasteiger partial charge in [0, 0.05) is 31.5 Å². The average Bonchev–Trinajstić information content (AvgIpc) is 2.21. The third-order valence-corrected chi connectivity index (χ3v) is 2.00. The van der Waals surface area contributed by atoms with Crippen molar-refractivity contribution in [3.8, 4) is 0 Å². The van der Waals surface area contributed by atoms with Crippen molar-refractivity contribution in [2.75, 3.05) is 13.2 Å². The summed E-state index contributed by atoms with van der Waals surface area (Å²) in [6.07, 6.45) is 1.75. The highest BCUT2D eigenvalue weighted by atomic mass is 16.5. The SMILES string of the molecule is CCOCCn1cccc(CN)c1=O. The fraction of sp³-hybridized carbons (Fsp3) is 0.500. The normalized spacial score (nSPS) is 10.4. The van der Waals surface area contributed by atoms with Crippen LogP contribution in [0.4, 0.5) is 0 Å². The van der Waals surface area contributed by atoms with Crippen LogP contribution >= 0.6 is 0 Å². The van der Waals surface area contributed by atoms with Gasteiger partial charge in [-0.15, -0.1) is 0 Å². The molecule has 0 aliphatic carbocycles. The minimum Gasteiger partial charge on any atom is -0.380 e. The lowest BCUT2D eigenvalue weighted by atomic mass is 10.3. The van der Waals surface area contributed by atoms with E-state index in [1.165, 1.54) is 0 Å². The Balaban J connectivity index is 2.72. The summed E-state index contributed by atoms with van der Waals surface area (Å²) >= 11 is 0. The van der Waals surface area contributed by atoms with E-state index in [4.69, 9.17) is 10.5 Å². The van der Waals surface area contributed by atoms with E-state index in [1.54, 1.807) is 16.8 Å². The molecule has 0 saturated heterocycles. The molecular weight excluding hydrogens is 180 g/mol. The second-order valence-electron chi connectivity index (χ2n) is 2.93. The van der Waals surface area contributed by atoms with E-state index in [-0.39, 0.29) is 12.1 Å². The molecule has 4 nitrogen and oxygen atoms in total. The Morgan fingerprint density at radius 3 is 3.00 bits per heavy atom. The minimum absolute atomic E-state index is 0.0188. The number of rotatable bonds is 5. The van der Waals surface area contributed by atoms with Crippen LogP contribution in [0.15, 0.2) is 23.1 Å². The topological polar surface area (TPSA) is 57.2 Å². The molecule has 0 atom stereocenters. The van der Waals surface area contributed by atoms with Crippen LogP contribution in [-0.4, -0.2) is 17.8 Å². The quantitative estimate of drug-likeness (QED) is 0.691. The first-order chi connectivity index (χ1) is 6.79. The van der Waals surface area contributed by atoms with Gasteiger partial charge in [-0.25, -0.2) is 0 Å². The van der Waals surface area contributed by atoms with E-state index in [9.17, 15) is 4.79 Å². The molecule has 4 heteroatoms. The van der Waals surface area contributed by atoms with Crippen LogP contribution in [0.5, 0.6) is 0 Å². The Bertz CT molecular complexity index is 333. The monoisotopic (exact) mass is 196 g/mol. The molecule has 1 aromatic heterocycles. The lowest BCUT2D eigenvalue weighted by molar-refractivity contribution is 0.138. The number of hydrogen-bond acceptors (Lipinski definition) is 3. The maximum Gasteiger partial charge on any atom is 0.255 e. The minimum atomic E-state index is -0.0188. The molecule has 0 fully saturated rings. The van der Waals surface area contributed by atoms with Gasteiger partial charge in [0.2, 0.25) is 0 Å². The Hall–Kier alpha value is -1.13. The average molecular weight is 196 g/mol. The van der Waals surface area contributed by atoms with Crippen LogP contribution in [0, 0.1) is 0 Å². The van der Waals surface area contributed by atoms with E-state index >= 15 is 0 Å². The number of nitrogens with two attached hydrogens (primary N) is 1. The zero-order valence-corrected chi connectivity index (χ0v) is 8.40. The van der Waals surface area contributed by atoms with Crippen LogP contribution < -0.4 is 11.3 Å². The van der Waals surface area contributed by atoms with Crippen molar-refractivity contribution in [2.24, 2.45) is 5.73 Å². The molecule has 78 valence electrons. The molecule has 1 aromatic rings. The summed E-state index contributed by atoms with van der Waals surface area (Å²) in [6.45, 7) is 4.03. The lowest BCUT2D eigenvalue weighted by Crippen LogP contribution is -2.26. The van der Waals surface area contributed by atoms with Gasteiger partial charge >= 0.3 is 0 Å². The first-order valence-corrected chi connectivity index (χ1v) is 4.75.